The van der Waals surface area contributed by atoms with E-state index in [-0.39, 0.29) is 0 Å². The van der Waals surface area contributed by atoms with Crippen LogP contribution in [0.5, 0.6) is 0 Å². The van der Waals surface area contributed by atoms with E-state index in [1.54, 1.807) is 4.90 Å². The largest absolute Gasteiger partial charge is 0.346 e. The molecule has 0 radical (unpaired) electrons. The van der Waals surface area contributed by atoms with Gasteiger partial charge in [-0.2, -0.15) is 0 Å². The molecule has 5 heteroatoms. The van der Waals surface area contributed by atoms with E-state index < -0.39 is 4.70 Å². The third-order valence-electron chi connectivity index (χ3n) is 0.961. The zero-order valence-corrected chi connectivity index (χ0v) is 8.02. The zero-order valence-electron chi connectivity index (χ0n) is 6.51. The molecule has 0 aliphatic carbocycles. The van der Waals surface area contributed by atoms with Crippen LogP contribution in [-0.2, 0) is 4.79 Å². The van der Waals surface area contributed by atoms with Crippen molar-refractivity contribution >= 4 is 34.3 Å². The van der Waals surface area contributed by atoms with Crippen molar-refractivity contribution in [3.63, 3.8) is 0 Å². The van der Waals surface area contributed by atoms with E-state index in [1.165, 1.54) is 0 Å². The summed E-state index contributed by atoms with van der Waals surface area (Å²) in [6, 6.07) is 0. The summed E-state index contributed by atoms with van der Waals surface area (Å²) in [7, 11) is 0. The van der Waals surface area contributed by atoms with Gasteiger partial charge >= 0.3 is 4.70 Å². The Morgan fingerprint density at radius 3 is 1.64 bits per heavy atom. The summed E-state index contributed by atoms with van der Waals surface area (Å²) in [6.45, 7) is 5.55. The van der Waals surface area contributed by atoms with Crippen molar-refractivity contribution in [1.82, 2.24) is 4.90 Å². The Hall–Kier alpha value is -0.280. The second kappa shape index (κ2) is 9.72. The van der Waals surface area contributed by atoms with E-state index in [4.69, 9.17) is 4.79 Å². The van der Waals surface area contributed by atoms with Crippen LogP contribution in [0.15, 0.2) is 0 Å². The highest BCUT2D eigenvalue weighted by atomic mass is 35.5. The van der Waals surface area contributed by atoms with Crippen molar-refractivity contribution < 1.29 is 9.59 Å². The molecule has 0 saturated carbocycles. The smallest absolute Gasteiger partial charge is 0.313 e. The molecule has 66 valence electrons. The maximum atomic E-state index is 9.89. The van der Waals surface area contributed by atoms with Gasteiger partial charge in [-0.3, -0.25) is 9.59 Å². The van der Waals surface area contributed by atoms with E-state index >= 15 is 0 Å². The number of amides is 1. The molecule has 11 heavy (non-hydrogen) atoms. The summed E-state index contributed by atoms with van der Waals surface area (Å²) in [4.78, 5) is 20.6. The van der Waals surface area contributed by atoms with Gasteiger partial charge in [0.2, 0.25) is 6.41 Å². The first-order chi connectivity index (χ1) is 5.08. The molecule has 0 aromatic heterocycles. The van der Waals surface area contributed by atoms with Crippen molar-refractivity contribution in [3.8, 4) is 0 Å². The molecule has 0 unspecified atom stereocenters. The lowest BCUT2D eigenvalue weighted by Gasteiger charge is -2.08. The van der Waals surface area contributed by atoms with E-state index in [9.17, 15) is 4.79 Å². The van der Waals surface area contributed by atoms with Crippen LogP contribution in [-0.4, -0.2) is 29.1 Å². The van der Waals surface area contributed by atoms with Crippen molar-refractivity contribution in [1.29, 1.82) is 0 Å². The van der Waals surface area contributed by atoms with Crippen LogP contribution < -0.4 is 0 Å². The lowest BCUT2D eigenvalue weighted by molar-refractivity contribution is -0.117. The molecule has 0 atom stereocenters. The predicted molar refractivity (Wildman–Crippen MR) is 46.1 cm³/mol. The van der Waals surface area contributed by atoms with Gasteiger partial charge in [-0.1, -0.05) is 0 Å². The molecular formula is C6H11Cl2NO2. The van der Waals surface area contributed by atoms with E-state index in [1.807, 2.05) is 13.8 Å². The number of hydrogen-bond donors (Lipinski definition) is 0. The van der Waals surface area contributed by atoms with Crippen LogP contribution in [0.2, 0.25) is 0 Å². The standard InChI is InChI=1S/C5H11NO.CCl2O/c1-3-6(4-2)5-7;2-1(3)4/h5H,3-4H2,1-2H3;. The van der Waals surface area contributed by atoms with Gasteiger partial charge in [0.15, 0.2) is 0 Å². The van der Waals surface area contributed by atoms with Gasteiger partial charge in [0, 0.05) is 13.1 Å². The normalized spacial score (nSPS) is 7.64. The summed E-state index contributed by atoms with van der Waals surface area (Å²) >= 11 is 8.80. The Bertz CT molecular complexity index is 111. The van der Waals surface area contributed by atoms with Gasteiger partial charge < -0.3 is 4.90 Å². The lowest BCUT2D eigenvalue weighted by Crippen LogP contribution is -2.19. The Morgan fingerprint density at radius 2 is 1.64 bits per heavy atom. The fraction of sp³-hybridized carbons (Fsp3) is 0.667. The minimum absolute atomic E-state index is 0.819. The molecule has 0 fully saturated rings. The number of rotatable bonds is 3. The minimum Gasteiger partial charge on any atom is -0.346 e. The molecule has 0 spiro atoms. The third-order valence-corrected chi connectivity index (χ3v) is 0.961. The Kier molecular flexibility index (Phi) is 11.8. The fourth-order valence-corrected chi connectivity index (χ4v) is 0.373. The SMILES string of the molecule is CCN(C=O)CC.O=C(Cl)Cl. The summed E-state index contributed by atoms with van der Waals surface area (Å²) in [5.74, 6) is 0. The first kappa shape index (κ1) is 13.3. The van der Waals surface area contributed by atoms with E-state index in [2.05, 4.69) is 23.2 Å². The summed E-state index contributed by atoms with van der Waals surface area (Å²) < 4.78 is -0.889. The highest BCUT2D eigenvalue weighted by Gasteiger charge is 1.87. The van der Waals surface area contributed by atoms with E-state index in [0.717, 1.165) is 19.5 Å². The molecule has 0 bridgehead atoms. The molecule has 0 N–H and O–H groups in total. The minimum atomic E-state index is -0.889. The Balaban J connectivity index is 0. The zero-order chi connectivity index (χ0) is 9.28. The average molecular weight is 200 g/mol. The van der Waals surface area contributed by atoms with Crippen molar-refractivity contribution in [3.05, 3.63) is 0 Å². The number of nitrogens with zero attached hydrogens (tertiary/aromatic N) is 1. The first-order valence-corrected chi connectivity index (χ1v) is 3.88. The molecule has 3 nitrogen and oxygen atoms in total. The third kappa shape index (κ3) is 17.7. The van der Waals surface area contributed by atoms with Crippen molar-refractivity contribution in [2.75, 3.05) is 13.1 Å². The molecule has 0 saturated heterocycles. The van der Waals surface area contributed by atoms with Crippen molar-refractivity contribution in [2.45, 2.75) is 13.8 Å². The van der Waals surface area contributed by atoms with Crippen molar-refractivity contribution in [2.24, 2.45) is 0 Å². The first-order valence-electron chi connectivity index (χ1n) is 3.12. The quantitative estimate of drug-likeness (QED) is 0.516. The van der Waals surface area contributed by atoms with Crippen LogP contribution >= 0.6 is 23.2 Å². The number of hydrogen-bond acceptors (Lipinski definition) is 2. The second-order valence-electron chi connectivity index (χ2n) is 1.55. The lowest BCUT2D eigenvalue weighted by atomic mass is 10.6. The molecule has 0 aromatic carbocycles. The average Bonchev–Trinajstić information content (AvgIpc) is 1.90. The molecule has 0 aliphatic heterocycles. The van der Waals surface area contributed by atoms with Crippen LogP contribution in [0.1, 0.15) is 13.8 Å². The van der Waals surface area contributed by atoms with E-state index in [0.29, 0.717) is 0 Å². The predicted octanol–water partition coefficient (Wildman–Crippen LogP) is 2.07. The summed E-state index contributed by atoms with van der Waals surface area (Å²) in [5, 5.41) is 0. The molecule has 0 aromatic rings. The topological polar surface area (TPSA) is 37.4 Å². The highest BCUT2D eigenvalue weighted by Crippen LogP contribution is 1.84. The second-order valence-corrected chi connectivity index (χ2v) is 2.43. The molecule has 0 aliphatic rings. The van der Waals surface area contributed by atoms with Crippen LogP contribution in [0.4, 0.5) is 4.79 Å². The number of carbonyl (C=O) groups excluding carboxylic acids is 2. The Morgan fingerprint density at radius 1 is 1.36 bits per heavy atom. The molecule has 0 rings (SSSR count). The van der Waals surface area contributed by atoms with Crippen LogP contribution in [0, 0.1) is 0 Å². The number of halogens is 2. The summed E-state index contributed by atoms with van der Waals surface area (Å²) in [5.41, 5.74) is 0. The van der Waals surface area contributed by atoms with Gasteiger partial charge in [0.05, 0.1) is 0 Å². The molecular weight excluding hydrogens is 189 g/mol. The molecule has 0 heterocycles. The van der Waals surface area contributed by atoms with Gasteiger partial charge in [0.25, 0.3) is 0 Å². The van der Waals surface area contributed by atoms with Gasteiger partial charge in [-0.15, -0.1) is 0 Å². The van der Waals surface area contributed by atoms with Crippen LogP contribution in [0.25, 0.3) is 0 Å². The van der Waals surface area contributed by atoms with Crippen LogP contribution in [0.3, 0.4) is 0 Å². The highest BCUT2D eigenvalue weighted by molar-refractivity contribution is 6.93. The van der Waals surface area contributed by atoms with Gasteiger partial charge in [0.1, 0.15) is 0 Å². The summed E-state index contributed by atoms with van der Waals surface area (Å²) in [6.07, 6.45) is 0.861. The maximum absolute atomic E-state index is 9.89. The van der Waals surface area contributed by atoms with Gasteiger partial charge in [-0.25, -0.2) is 0 Å². The molecule has 1 amide bonds. The van der Waals surface area contributed by atoms with Gasteiger partial charge in [-0.05, 0) is 37.0 Å². The number of carbonyl (C=O) groups is 2. The maximum Gasteiger partial charge on any atom is 0.313 e. The fourth-order valence-electron chi connectivity index (χ4n) is 0.373. The Labute approximate surface area is 76.3 Å². The monoisotopic (exact) mass is 199 g/mol.